The summed E-state index contributed by atoms with van der Waals surface area (Å²) in [5.41, 5.74) is 0. The van der Waals surface area contributed by atoms with Crippen molar-refractivity contribution in [3.63, 3.8) is 0 Å². The first-order valence-corrected chi connectivity index (χ1v) is 9.23. The molecule has 2 saturated heterocycles. The molecule has 0 spiro atoms. The van der Waals surface area contributed by atoms with Gasteiger partial charge >= 0.3 is 6.03 Å². The molecule has 2 heterocycles. The largest absolute Gasteiger partial charge is 0.493 e. The quantitative estimate of drug-likeness (QED) is 0.890. The molecule has 2 aliphatic rings. The second-order valence-electron chi connectivity index (χ2n) is 6.72. The van der Waals surface area contributed by atoms with E-state index in [-0.39, 0.29) is 18.0 Å². The van der Waals surface area contributed by atoms with Crippen molar-refractivity contribution < 1.29 is 14.3 Å². The summed E-state index contributed by atoms with van der Waals surface area (Å²) < 4.78 is 5.55. The molecule has 0 aromatic heterocycles. The van der Waals surface area contributed by atoms with Gasteiger partial charge in [0.25, 0.3) is 0 Å². The summed E-state index contributed by atoms with van der Waals surface area (Å²) in [4.78, 5) is 28.3. The third-order valence-corrected chi connectivity index (χ3v) is 4.85. The van der Waals surface area contributed by atoms with Crippen molar-refractivity contribution >= 4 is 11.9 Å². The number of benzene rings is 1. The fraction of sp³-hybridized carbons (Fsp3) is 0.579. The van der Waals surface area contributed by atoms with Crippen LogP contribution in [0.5, 0.6) is 5.75 Å². The molecule has 25 heavy (non-hydrogen) atoms. The van der Waals surface area contributed by atoms with Crippen LogP contribution in [-0.4, -0.2) is 60.6 Å². The number of carbonyl (C=O) groups excluding carboxylic acids is 2. The van der Waals surface area contributed by atoms with Crippen molar-refractivity contribution in [3.8, 4) is 5.75 Å². The number of piperidine rings is 1. The molecule has 6 heteroatoms. The number of rotatable bonds is 5. The van der Waals surface area contributed by atoms with E-state index in [0.29, 0.717) is 13.0 Å². The molecule has 0 bridgehead atoms. The zero-order valence-electron chi connectivity index (χ0n) is 14.7. The number of amides is 3. The number of carbonyl (C=O) groups is 2. The Morgan fingerprint density at radius 1 is 1.00 bits per heavy atom. The minimum atomic E-state index is 0.0141. The fourth-order valence-corrected chi connectivity index (χ4v) is 3.40. The van der Waals surface area contributed by atoms with Crippen LogP contribution in [0.4, 0.5) is 4.79 Å². The molecular formula is C19H27N3O3. The number of urea groups is 1. The van der Waals surface area contributed by atoms with Gasteiger partial charge < -0.3 is 19.9 Å². The highest BCUT2D eigenvalue weighted by Gasteiger charge is 2.28. The number of hydrogen-bond acceptors (Lipinski definition) is 3. The number of likely N-dealkylation sites (tertiary alicyclic amines) is 2. The normalized spacial score (nSPS) is 18.2. The molecule has 1 aromatic rings. The van der Waals surface area contributed by atoms with Crippen molar-refractivity contribution in [1.29, 1.82) is 0 Å². The lowest BCUT2D eigenvalue weighted by Gasteiger charge is -2.34. The minimum Gasteiger partial charge on any atom is -0.493 e. The second kappa shape index (κ2) is 8.74. The number of hydrogen-bond donors (Lipinski definition) is 1. The lowest BCUT2D eigenvalue weighted by Crippen LogP contribution is -2.50. The highest BCUT2D eigenvalue weighted by atomic mass is 16.5. The zero-order valence-corrected chi connectivity index (χ0v) is 14.7. The molecule has 0 radical (unpaired) electrons. The van der Waals surface area contributed by atoms with Crippen molar-refractivity contribution in [2.24, 2.45) is 0 Å². The molecule has 3 amide bonds. The standard InChI is InChI=1S/C19H27N3O3/c23-18(10-15-25-17-6-2-1-3-7-17)20-16-8-13-22(14-9-16)19(24)21-11-4-5-12-21/h1-3,6-7,16H,4-5,8-15H2,(H,20,23). The van der Waals surface area contributed by atoms with E-state index < -0.39 is 0 Å². The molecule has 0 aliphatic carbocycles. The predicted octanol–water partition coefficient (Wildman–Crippen LogP) is 2.25. The first-order valence-electron chi connectivity index (χ1n) is 9.23. The van der Waals surface area contributed by atoms with E-state index in [1.807, 2.05) is 40.1 Å². The third kappa shape index (κ3) is 5.11. The Hall–Kier alpha value is -2.24. The predicted molar refractivity (Wildman–Crippen MR) is 95.5 cm³/mol. The van der Waals surface area contributed by atoms with Gasteiger partial charge in [0.05, 0.1) is 13.0 Å². The SMILES string of the molecule is O=C(CCOc1ccccc1)NC1CCN(C(=O)N2CCCC2)CC1. The average molecular weight is 345 g/mol. The van der Waals surface area contributed by atoms with Crippen LogP contribution in [0.25, 0.3) is 0 Å². The fourth-order valence-electron chi connectivity index (χ4n) is 3.40. The van der Waals surface area contributed by atoms with Gasteiger partial charge in [0.1, 0.15) is 5.75 Å². The van der Waals surface area contributed by atoms with E-state index in [1.165, 1.54) is 0 Å². The maximum atomic E-state index is 12.4. The van der Waals surface area contributed by atoms with Crippen LogP contribution in [0, 0.1) is 0 Å². The molecule has 1 aromatic carbocycles. The smallest absolute Gasteiger partial charge is 0.319 e. The molecule has 1 N–H and O–H groups in total. The van der Waals surface area contributed by atoms with Crippen LogP contribution in [0.15, 0.2) is 30.3 Å². The summed E-state index contributed by atoms with van der Waals surface area (Å²) in [6.07, 6.45) is 4.23. The van der Waals surface area contributed by atoms with Gasteiger partial charge in [0.15, 0.2) is 0 Å². The van der Waals surface area contributed by atoms with Crippen LogP contribution in [0.2, 0.25) is 0 Å². The maximum Gasteiger partial charge on any atom is 0.319 e. The van der Waals surface area contributed by atoms with Gasteiger partial charge in [-0.15, -0.1) is 0 Å². The number of ether oxygens (including phenoxy) is 1. The zero-order chi connectivity index (χ0) is 17.5. The molecule has 2 aliphatic heterocycles. The van der Waals surface area contributed by atoms with Crippen LogP contribution in [0.1, 0.15) is 32.1 Å². The summed E-state index contributed by atoms with van der Waals surface area (Å²) >= 11 is 0. The van der Waals surface area contributed by atoms with Gasteiger partial charge in [-0.2, -0.15) is 0 Å². The summed E-state index contributed by atoms with van der Waals surface area (Å²) in [6.45, 7) is 3.59. The van der Waals surface area contributed by atoms with Crippen LogP contribution in [-0.2, 0) is 4.79 Å². The summed E-state index contributed by atoms with van der Waals surface area (Å²) in [5, 5.41) is 3.06. The Balaban J connectivity index is 1.32. The molecular weight excluding hydrogens is 318 g/mol. The first-order chi connectivity index (χ1) is 12.2. The highest BCUT2D eigenvalue weighted by molar-refractivity contribution is 5.77. The molecule has 136 valence electrons. The first kappa shape index (κ1) is 17.6. The van der Waals surface area contributed by atoms with Crippen molar-refractivity contribution in [2.45, 2.75) is 38.1 Å². The Bertz CT molecular complexity index is 565. The van der Waals surface area contributed by atoms with Gasteiger partial charge in [-0.05, 0) is 37.8 Å². The molecule has 0 atom stereocenters. The number of nitrogens with one attached hydrogen (secondary N) is 1. The molecule has 6 nitrogen and oxygen atoms in total. The highest BCUT2D eigenvalue weighted by Crippen LogP contribution is 2.16. The van der Waals surface area contributed by atoms with Gasteiger partial charge in [-0.25, -0.2) is 4.79 Å². The van der Waals surface area contributed by atoms with E-state index >= 15 is 0 Å². The minimum absolute atomic E-state index is 0.0141. The van der Waals surface area contributed by atoms with E-state index in [4.69, 9.17) is 4.74 Å². The number of para-hydroxylation sites is 1. The average Bonchev–Trinajstić information content (AvgIpc) is 3.17. The lowest BCUT2D eigenvalue weighted by atomic mass is 10.1. The maximum absolute atomic E-state index is 12.4. The summed E-state index contributed by atoms with van der Waals surface area (Å²) in [6, 6.07) is 9.83. The van der Waals surface area contributed by atoms with Gasteiger partial charge in [-0.3, -0.25) is 4.79 Å². The summed E-state index contributed by atoms with van der Waals surface area (Å²) in [7, 11) is 0. The monoisotopic (exact) mass is 345 g/mol. The van der Waals surface area contributed by atoms with Crippen molar-refractivity contribution in [2.75, 3.05) is 32.8 Å². The number of nitrogens with zero attached hydrogens (tertiary/aromatic N) is 2. The molecule has 3 rings (SSSR count). The van der Waals surface area contributed by atoms with Crippen molar-refractivity contribution in [3.05, 3.63) is 30.3 Å². The van der Waals surface area contributed by atoms with Gasteiger partial charge in [0.2, 0.25) is 5.91 Å². The Kier molecular flexibility index (Phi) is 6.14. The van der Waals surface area contributed by atoms with Gasteiger partial charge in [-0.1, -0.05) is 18.2 Å². The van der Waals surface area contributed by atoms with Crippen LogP contribution >= 0.6 is 0 Å². The Morgan fingerprint density at radius 2 is 1.64 bits per heavy atom. The molecule has 0 saturated carbocycles. The molecule has 2 fully saturated rings. The van der Waals surface area contributed by atoms with E-state index in [2.05, 4.69) is 5.32 Å². The van der Waals surface area contributed by atoms with E-state index in [0.717, 1.165) is 57.6 Å². The van der Waals surface area contributed by atoms with Gasteiger partial charge in [0, 0.05) is 32.2 Å². The lowest BCUT2D eigenvalue weighted by molar-refractivity contribution is -0.122. The van der Waals surface area contributed by atoms with E-state index in [1.54, 1.807) is 0 Å². The van der Waals surface area contributed by atoms with Crippen LogP contribution in [0.3, 0.4) is 0 Å². The molecule has 0 unspecified atom stereocenters. The topological polar surface area (TPSA) is 61.9 Å². The second-order valence-corrected chi connectivity index (χ2v) is 6.72. The van der Waals surface area contributed by atoms with Crippen molar-refractivity contribution in [1.82, 2.24) is 15.1 Å². The van der Waals surface area contributed by atoms with Crippen LogP contribution < -0.4 is 10.1 Å². The summed E-state index contributed by atoms with van der Waals surface area (Å²) in [5.74, 6) is 0.796. The third-order valence-electron chi connectivity index (χ3n) is 4.85. The van der Waals surface area contributed by atoms with E-state index in [9.17, 15) is 9.59 Å². The Morgan fingerprint density at radius 3 is 2.32 bits per heavy atom. The Labute approximate surface area is 149 Å².